The van der Waals surface area contributed by atoms with Crippen LogP contribution in [0, 0.1) is 0 Å². The molecule has 0 unspecified atom stereocenters. The number of carbonyl (C=O) groups excluding carboxylic acids is 1. The van der Waals surface area contributed by atoms with Crippen molar-refractivity contribution in [3.05, 3.63) is 11.6 Å². The lowest BCUT2D eigenvalue weighted by Gasteiger charge is -2.36. The SMILES string of the molecule is Cn1c(CN2CCCC2)nnc1C1CCN(C(=O)N2CCOCC2)CC1. The third kappa shape index (κ3) is 3.71. The van der Waals surface area contributed by atoms with Crippen LogP contribution in [0.25, 0.3) is 0 Å². The molecule has 3 fully saturated rings. The zero-order valence-corrected chi connectivity index (χ0v) is 15.8. The van der Waals surface area contributed by atoms with Crippen molar-refractivity contribution < 1.29 is 9.53 Å². The maximum Gasteiger partial charge on any atom is 0.320 e. The van der Waals surface area contributed by atoms with Crippen LogP contribution >= 0.6 is 0 Å². The van der Waals surface area contributed by atoms with E-state index < -0.39 is 0 Å². The van der Waals surface area contributed by atoms with Gasteiger partial charge in [-0.15, -0.1) is 10.2 Å². The summed E-state index contributed by atoms with van der Waals surface area (Å²) < 4.78 is 7.52. The highest BCUT2D eigenvalue weighted by Gasteiger charge is 2.30. The summed E-state index contributed by atoms with van der Waals surface area (Å²) in [5.74, 6) is 2.54. The molecule has 0 bridgehead atoms. The van der Waals surface area contributed by atoms with E-state index in [0.29, 0.717) is 32.2 Å². The van der Waals surface area contributed by atoms with E-state index in [1.165, 1.54) is 25.9 Å². The van der Waals surface area contributed by atoms with E-state index in [1.54, 1.807) is 0 Å². The summed E-state index contributed by atoms with van der Waals surface area (Å²) in [6.07, 6.45) is 4.51. The summed E-state index contributed by atoms with van der Waals surface area (Å²) in [6.45, 7) is 7.57. The Hall–Kier alpha value is -1.67. The minimum atomic E-state index is 0.166. The van der Waals surface area contributed by atoms with Gasteiger partial charge in [0.25, 0.3) is 0 Å². The summed E-state index contributed by atoms with van der Waals surface area (Å²) in [4.78, 5) is 19.0. The smallest absolute Gasteiger partial charge is 0.320 e. The van der Waals surface area contributed by atoms with Gasteiger partial charge in [-0.25, -0.2) is 4.79 Å². The first-order valence-corrected chi connectivity index (χ1v) is 9.94. The lowest BCUT2D eigenvalue weighted by Crippen LogP contribution is -2.50. The highest BCUT2D eigenvalue weighted by Crippen LogP contribution is 2.27. The molecule has 0 radical (unpaired) electrons. The number of hydrogen-bond donors (Lipinski definition) is 0. The molecule has 0 aromatic carbocycles. The number of urea groups is 1. The molecule has 0 N–H and O–H groups in total. The van der Waals surface area contributed by atoms with Gasteiger partial charge < -0.3 is 19.1 Å². The Kier molecular flexibility index (Phi) is 5.40. The summed E-state index contributed by atoms with van der Waals surface area (Å²) in [5.41, 5.74) is 0. The van der Waals surface area contributed by atoms with Crippen LogP contribution in [-0.4, -0.2) is 88.0 Å². The number of nitrogens with zero attached hydrogens (tertiary/aromatic N) is 6. The van der Waals surface area contributed by atoms with Gasteiger partial charge in [-0.3, -0.25) is 4.90 Å². The molecule has 3 aliphatic rings. The second-order valence-electron chi connectivity index (χ2n) is 7.66. The van der Waals surface area contributed by atoms with Crippen LogP contribution in [0.4, 0.5) is 4.79 Å². The first-order chi connectivity index (χ1) is 12.7. The highest BCUT2D eigenvalue weighted by atomic mass is 16.5. The van der Waals surface area contributed by atoms with Gasteiger partial charge in [0.05, 0.1) is 19.8 Å². The largest absolute Gasteiger partial charge is 0.378 e. The summed E-state index contributed by atoms with van der Waals surface area (Å²) in [5, 5.41) is 8.95. The minimum Gasteiger partial charge on any atom is -0.378 e. The van der Waals surface area contributed by atoms with E-state index in [4.69, 9.17) is 4.74 Å². The topological polar surface area (TPSA) is 66.7 Å². The normalized spacial score (nSPS) is 23.0. The van der Waals surface area contributed by atoms with Gasteiger partial charge in [-0.2, -0.15) is 0 Å². The van der Waals surface area contributed by atoms with Gasteiger partial charge in [0.15, 0.2) is 0 Å². The zero-order valence-electron chi connectivity index (χ0n) is 15.8. The molecule has 8 heteroatoms. The average molecular weight is 362 g/mol. The van der Waals surface area contributed by atoms with Gasteiger partial charge in [-0.05, 0) is 38.8 Å². The number of hydrogen-bond acceptors (Lipinski definition) is 5. The van der Waals surface area contributed by atoms with Gasteiger partial charge in [0.1, 0.15) is 11.6 Å². The fraction of sp³-hybridized carbons (Fsp3) is 0.833. The third-order valence-electron chi connectivity index (χ3n) is 5.97. The molecule has 2 amide bonds. The van der Waals surface area contributed by atoms with Crippen molar-refractivity contribution in [2.24, 2.45) is 7.05 Å². The molecule has 4 heterocycles. The molecular formula is C18H30N6O2. The molecule has 3 aliphatic heterocycles. The molecule has 4 rings (SSSR count). The van der Waals surface area contributed by atoms with Crippen molar-refractivity contribution in [1.82, 2.24) is 29.5 Å². The number of likely N-dealkylation sites (tertiary alicyclic amines) is 2. The van der Waals surface area contributed by atoms with Gasteiger partial charge >= 0.3 is 6.03 Å². The Morgan fingerprint density at radius 3 is 2.35 bits per heavy atom. The van der Waals surface area contributed by atoms with Crippen molar-refractivity contribution in [3.8, 4) is 0 Å². The van der Waals surface area contributed by atoms with Crippen LogP contribution in [0.2, 0.25) is 0 Å². The van der Waals surface area contributed by atoms with E-state index in [9.17, 15) is 4.79 Å². The molecule has 0 aliphatic carbocycles. The van der Waals surface area contributed by atoms with Crippen molar-refractivity contribution in [1.29, 1.82) is 0 Å². The molecule has 144 valence electrons. The molecule has 26 heavy (non-hydrogen) atoms. The second kappa shape index (κ2) is 7.92. The van der Waals surface area contributed by atoms with E-state index >= 15 is 0 Å². The Labute approximate surface area is 155 Å². The molecule has 0 spiro atoms. The van der Waals surface area contributed by atoms with Crippen LogP contribution in [0.1, 0.15) is 43.3 Å². The monoisotopic (exact) mass is 362 g/mol. The van der Waals surface area contributed by atoms with E-state index in [0.717, 1.165) is 44.1 Å². The summed E-state index contributed by atoms with van der Waals surface area (Å²) in [6, 6.07) is 0.166. The van der Waals surface area contributed by atoms with Crippen molar-refractivity contribution >= 4 is 6.03 Å². The van der Waals surface area contributed by atoms with Crippen LogP contribution < -0.4 is 0 Å². The van der Waals surface area contributed by atoms with Crippen molar-refractivity contribution in [3.63, 3.8) is 0 Å². The third-order valence-corrected chi connectivity index (χ3v) is 5.97. The maximum absolute atomic E-state index is 12.6. The van der Waals surface area contributed by atoms with Gasteiger partial charge in [0, 0.05) is 39.1 Å². The molecule has 0 atom stereocenters. The predicted molar refractivity (Wildman–Crippen MR) is 96.9 cm³/mol. The predicted octanol–water partition coefficient (Wildman–Crippen LogP) is 1.04. The first kappa shape index (κ1) is 17.7. The number of aromatic nitrogens is 3. The van der Waals surface area contributed by atoms with Gasteiger partial charge in [-0.1, -0.05) is 0 Å². The number of carbonyl (C=O) groups is 1. The van der Waals surface area contributed by atoms with E-state index in [1.807, 2.05) is 9.80 Å². The van der Waals surface area contributed by atoms with Crippen LogP contribution in [-0.2, 0) is 18.3 Å². The average Bonchev–Trinajstić information content (AvgIpc) is 3.33. The number of morpholine rings is 1. The quantitative estimate of drug-likeness (QED) is 0.804. The molecule has 0 saturated carbocycles. The van der Waals surface area contributed by atoms with Crippen LogP contribution in [0.5, 0.6) is 0 Å². The van der Waals surface area contributed by atoms with Crippen LogP contribution in [0.3, 0.4) is 0 Å². The maximum atomic E-state index is 12.6. The Balaban J connectivity index is 1.33. The van der Waals surface area contributed by atoms with Crippen molar-refractivity contribution in [2.45, 2.75) is 38.1 Å². The van der Waals surface area contributed by atoms with E-state index in [2.05, 4.69) is 26.7 Å². The number of piperidine rings is 1. The fourth-order valence-corrected chi connectivity index (χ4v) is 4.29. The summed E-state index contributed by atoms with van der Waals surface area (Å²) in [7, 11) is 2.09. The number of amides is 2. The minimum absolute atomic E-state index is 0.166. The lowest BCUT2D eigenvalue weighted by atomic mass is 9.96. The molecule has 1 aromatic rings. The van der Waals surface area contributed by atoms with Crippen LogP contribution in [0.15, 0.2) is 0 Å². The molecular weight excluding hydrogens is 332 g/mol. The Morgan fingerprint density at radius 2 is 1.65 bits per heavy atom. The standard InChI is InChI=1S/C18H30N6O2/c1-21-16(14-22-6-2-3-7-22)19-20-17(21)15-4-8-23(9-5-15)18(25)24-10-12-26-13-11-24/h15H,2-14H2,1H3. The van der Waals surface area contributed by atoms with Crippen molar-refractivity contribution in [2.75, 3.05) is 52.5 Å². The Bertz CT molecular complexity index is 613. The number of ether oxygens (including phenoxy) is 1. The summed E-state index contributed by atoms with van der Waals surface area (Å²) >= 11 is 0. The van der Waals surface area contributed by atoms with E-state index in [-0.39, 0.29) is 6.03 Å². The molecule has 8 nitrogen and oxygen atoms in total. The van der Waals surface area contributed by atoms with Gasteiger partial charge in [0.2, 0.25) is 0 Å². The first-order valence-electron chi connectivity index (χ1n) is 9.94. The Morgan fingerprint density at radius 1 is 1.00 bits per heavy atom. The fourth-order valence-electron chi connectivity index (χ4n) is 4.29. The lowest BCUT2D eigenvalue weighted by molar-refractivity contribution is 0.0410. The molecule has 1 aromatic heterocycles. The molecule has 3 saturated heterocycles. The zero-order chi connectivity index (χ0) is 17.9. The number of rotatable bonds is 3. The highest BCUT2D eigenvalue weighted by molar-refractivity contribution is 5.74. The second-order valence-corrected chi connectivity index (χ2v) is 7.66.